The van der Waals surface area contributed by atoms with E-state index in [0.717, 1.165) is 37.6 Å². The third kappa shape index (κ3) is 3.56. The van der Waals surface area contributed by atoms with Crippen molar-refractivity contribution in [1.82, 2.24) is 10.3 Å². The molecule has 0 aliphatic carbocycles. The van der Waals surface area contributed by atoms with Crippen molar-refractivity contribution < 1.29 is 9.15 Å². The second kappa shape index (κ2) is 5.41. The van der Waals surface area contributed by atoms with E-state index in [2.05, 4.69) is 38.0 Å². The SMILES string of the molecule is CC1OCCC1c1cnc(CCNC(C)(C)C)o1. The fraction of sp³-hybridized carbons (Fsp3) is 0.786. The molecule has 0 saturated carbocycles. The van der Waals surface area contributed by atoms with Gasteiger partial charge in [-0.3, -0.25) is 0 Å². The molecule has 2 rings (SSSR count). The Morgan fingerprint density at radius 2 is 2.22 bits per heavy atom. The molecule has 1 aromatic heterocycles. The third-order valence-electron chi connectivity index (χ3n) is 3.31. The molecule has 2 unspecified atom stereocenters. The molecule has 0 radical (unpaired) electrons. The maximum atomic E-state index is 5.82. The Balaban J connectivity index is 1.86. The van der Waals surface area contributed by atoms with E-state index < -0.39 is 0 Å². The van der Waals surface area contributed by atoms with Crippen molar-refractivity contribution in [2.75, 3.05) is 13.2 Å². The van der Waals surface area contributed by atoms with Crippen LogP contribution in [0.2, 0.25) is 0 Å². The highest BCUT2D eigenvalue weighted by Crippen LogP contribution is 2.31. The number of aromatic nitrogens is 1. The fourth-order valence-electron chi connectivity index (χ4n) is 2.26. The van der Waals surface area contributed by atoms with E-state index >= 15 is 0 Å². The number of nitrogens with one attached hydrogen (secondary N) is 1. The van der Waals surface area contributed by atoms with Crippen LogP contribution in [0, 0.1) is 0 Å². The lowest BCUT2D eigenvalue weighted by atomic mass is 10.0. The molecule has 2 heterocycles. The Hall–Kier alpha value is -0.870. The van der Waals surface area contributed by atoms with Crippen molar-refractivity contribution in [2.45, 2.75) is 58.1 Å². The van der Waals surface area contributed by atoms with Crippen LogP contribution in [0.1, 0.15) is 51.7 Å². The topological polar surface area (TPSA) is 47.3 Å². The summed E-state index contributed by atoms with van der Waals surface area (Å²) >= 11 is 0. The van der Waals surface area contributed by atoms with E-state index in [9.17, 15) is 0 Å². The molecule has 1 aliphatic rings. The van der Waals surface area contributed by atoms with Crippen LogP contribution < -0.4 is 5.32 Å². The average molecular weight is 252 g/mol. The van der Waals surface area contributed by atoms with Gasteiger partial charge in [0.25, 0.3) is 0 Å². The van der Waals surface area contributed by atoms with Crippen LogP contribution in [0.4, 0.5) is 0 Å². The Labute approximate surface area is 109 Å². The van der Waals surface area contributed by atoms with Gasteiger partial charge in [-0.15, -0.1) is 0 Å². The minimum absolute atomic E-state index is 0.142. The van der Waals surface area contributed by atoms with Gasteiger partial charge in [-0.05, 0) is 34.1 Å². The third-order valence-corrected chi connectivity index (χ3v) is 3.31. The van der Waals surface area contributed by atoms with Crippen molar-refractivity contribution in [2.24, 2.45) is 0 Å². The van der Waals surface area contributed by atoms with Crippen LogP contribution in [-0.2, 0) is 11.2 Å². The first-order valence-electron chi connectivity index (χ1n) is 6.77. The Kier molecular flexibility index (Phi) is 4.07. The molecule has 102 valence electrons. The van der Waals surface area contributed by atoms with Crippen LogP contribution in [0.15, 0.2) is 10.6 Å². The van der Waals surface area contributed by atoms with Gasteiger partial charge in [-0.2, -0.15) is 0 Å². The molecule has 4 heteroatoms. The van der Waals surface area contributed by atoms with Crippen molar-refractivity contribution in [1.29, 1.82) is 0 Å². The van der Waals surface area contributed by atoms with Crippen LogP contribution in [0.5, 0.6) is 0 Å². The minimum atomic E-state index is 0.142. The average Bonchev–Trinajstić information content (AvgIpc) is 2.84. The number of oxazole rings is 1. The predicted molar refractivity (Wildman–Crippen MR) is 70.7 cm³/mol. The van der Waals surface area contributed by atoms with Gasteiger partial charge in [0.2, 0.25) is 0 Å². The smallest absolute Gasteiger partial charge is 0.195 e. The first-order chi connectivity index (χ1) is 8.46. The van der Waals surface area contributed by atoms with Gasteiger partial charge in [0.15, 0.2) is 5.89 Å². The summed E-state index contributed by atoms with van der Waals surface area (Å²) in [5.41, 5.74) is 0.142. The first-order valence-corrected chi connectivity index (χ1v) is 6.77. The van der Waals surface area contributed by atoms with Crippen LogP contribution in [-0.4, -0.2) is 29.8 Å². The Morgan fingerprint density at radius 3 is 2.83 bits per heavy atom. The van der Waals surface area contributed by atoms with E-state index in [1.807, 2.05) is 6.20 Å². The maximum Gasteiger partial charge on any atom is 0.195 e. The van der Waals surface area contributed by atoms with Gasteiger partial charge in [0.05, 0.1) is 12.3 Å². The first kappa shape index (κ1) is 13.6. The lowest BCUT2D eigenvalue weighted by Crippen LogP contribution is -2.37. The molecule has 18 heavy (non-hydrogen) atoms. The predicted octanol–water partition coefficient (Wildman–Crippen LogP) is 2.50. The molecule has 0 aromatic carbocycles. The summed E-state index contributed by atoms with van der Waals surface area (Å²) in [6.07, 6.45) is 3.98. The summed E-state index contributed by atoms with van der Waals surface area (Å²) in [6, 6.07) is 0. The quantitative estimate of drug-likeness (QED) is 0.894. The van der Waals surface area contributed by atoms with E-state index in [1.165, 1.54) is 0 Å². The second-order valence-corrected chi connectivity index (χ2v) is 6.05. The maximum absolute atomic E-state index is 5.82. The van der Waals surface area contributed by atoms with Gasteiger partial charge >= 0.3 is 0 Å². The Bertz CT molecular complexity index is 381. The highest BCUT2D eigenvalue weighted by molar-refractivity contribution is 5.06. The van der Waals surface area contributed by atoms with Gasteiger partial charge in [-0.25, -0.2) is 4.98 Å². The lowest BCUT2D eigenvalue weighted by molar-refractivity contribution is 0.115. The molecular formula is C14H24N2O2. The number of hydrogen-bond acceptors (Lipinski definition) is 4. The molecular weight excluding hydrogens is 228 g/mol. The van der Waals surface area contributed by atoms with Crippen molar-refractivity contribution in [3.63, 3.8) is 0 Å². The summed E-state index contributed by atoms with van der Waals surface area (Å²) in [4.78, 5) is 4.35. The minimum Gasteiger partial charge on any atom is -0.445 e. The fourth-order valence-corrected chi connectivity index (χ4v) is 2.26. The van der Waals surface area contributed by atoms with E-state index in [0.29, 0.717) is 5.92 Å². The molecule has 0 amide bonds. The molecule has 4 nitrogen and oxygen atoms in total. The largest absolute Gasteiger partial charge is 0.445 e. The highest BCUT2D eigenvalue weighted by Gasteiger charge is 2.28. The molecule has 1 N–H and O–H groups in total. The van der Waals surface area contributed by atoms with Crippen LogP contribution in [0.3, 0.4) is 0 Å². The van der Waals surface area contributed by atoms with E-state index in [4.69, 9.17) is 9.15 Å². The molecule has 1 saturated heterocycles. The van der Waals surface area contributed by atoms with Crippen LogP contribution >= 0.6 is 0 Å². The van der Waals surface area contributed by atoms with Crippen molar-refractivity contribution >= 4 is 0 Å². The number of ether oxygens (including phenoxy) is 1. The zero-order chi connectivity index (χ0) is 13.2. The molecule has 2 atom stereocenters. The lowest BCUT2D eigenvalue weighted by Gasteiger charge is -2.19. The summed E-state index contributed by atoms with van der Waals surface area (Å²) in [6.45, 7) is 10.3. The van der Waals surface area contributed by atoms with Gasteiger partial charge in [-0.1, -0.05) is 0 Å². The summed E-state index contributed by atoms with van der Waals surface area (Å²) in [7, 11) is 0. The monoisotopic (exact) mass is 252 g/mol. The van der Waals surface area contributed by atoms with Gasteiger partial charge in [0.1, 0.15) is 5.76 Å². The van der Waals surface area contributed by atoms with Gasteiger partial charge in [0, 0.05) is 31.0 Å². The van der Waals surface area contributed by atoms with Crippen molar-refractivity contribution in [3.8, 4) is 0 Å². The van der Waals surface area contributed by atoms with Crippen LogP contribution in [0.25, 0.3) is 0 Å². The van der Waals surface area contributed by atoms with E-state index in [1.54, 1.807) is 0 Å². The van der Waals surface area contributed by atoms with Crippen molar-refractivity contribution in [3.05, 3.63) is 17.8 Å². The standard InChI is InChI=1S/C14H24N2O2/c1-10-11(6-8-17-10)12-9-15-13(18-12)5-7-16-14(2,3)4/h9-11,16H,5-8H2,1-4H3. The second-order valence-electron chi connectivity index (χ2n) is 6.05. The zero-order valence-electron chi connectivity index (χ0n) is 11.8. The molecule has 0 bridgehead atoms. The molecule has 1 aromatic rings. The molecule has 0 spiro atoms. The van der Waals surface area contributed by atoms with Gasteiger partial charge < -0.3 is 14.5 Å². The number of hydrogen-bond donors (Lipinski definition) is 1. The Morgan fingerprint density at radius 1 is 1.44 bits per heavy atom. The molecule has 1 fully saturated rings. The number of rotatable bonds is 4. The number of nitrogens with zero attached hydrogens (tertiary/aromatic N) is 1. The van der Waals surface area contributed by atoms with E-state index in [-0.39, 0.29) is 11.6 Å². The summed E-state index contributed by atoms with van der Waals surface area (Å²) in [5.74, 6) is 2.17. The highest BCUT2D eigenvalue weighted by atomic mass is 16.5. The normalized spacial score (nSPS) is 24.7. The summed E-state index contributed by atoms with van der Waals surface area (Å²) < 4.78 is 11.4. The summed E-state index contributed by atoms with van der Waals surface area (Å²) in [5, 5.41) is 3.43. The zero-order valence-corrected chi connectivity index (χ0v) is 11.8. The molecule has 1 aliphatic heterocycles.